The molecule has 2 rings (SSSR count). The van der Waals surface area contributed by atoms with E-state index in [1.54, 1.807) is 0 Å². The van der Waals surface area contributed by atoms with Crippen LogP contribution in [0.2, 0.25) is 5.02 Å². The summed E-state index contributed by atoms with van der Waals surface area (Å²) in [6.07, 6.45) is 0.103. The summed E-state index contributed by atoms with van der Waals surface area (Å²) < 4.78 is 5.79. The van der Waals surface area contributed by atoms with Gasteiger partial charge in [-0.2, -0.15) is 0 Å². The zero-order valence-corrected chi connectivity index (χ0v) is 14.0. The third kappa shape index (κ3) is 5.25. The van der Waals surface area contributed by atoms with E-state index >= 15 is 0 Å². The van der Waals surface area contributed by atoms with Crippen molar-refractivity contribution in [1.82, 2.24) is 9.80 Å². The van der Waals surface area contributed by atoms with Gasteiger partial charge in [-0.3, -0.25) is 9.69 Å². The molecule has 1 heterocycles. The number of ether oxygens (including phenoxy) is 1. The summed E-state index contributed by atoms with van der Waals surface area (Å²) in [7, 11) is 2.08. The van der Waals surface area contributed by atoms with E-state index in [0.717, 1.165) is 35.8 Å². The van der Waals surface area contributed by atoms with E-state index in [1.807, 2.05) is 30.0 Å². The van der Waals surface area contributed by atoms with Gasteiger partial charge in [0, 0.05) is 31.2 Å². The van der Waals surface area contributed by atoms with Crippen LogP contribution in [0.4, 0.5) is 0 Å². The van der Waals surface area contributed by atoms with Crippen LogP contribution in [-0.2, 0) is 16.1 Å². The number of halogens is 1. The minimum atomic E-state index is -0.323. The Morgan fingerprint density at radius 2 is 2.32 bits per heavy atom. The van der Waals surface area contributed by atoms with Gasteiger partial charge >= 0.3 is 0 Å². The Labute approximate surface area is 137 Å². The van der Waals surface area contributed by atoms with Crippen LogP contribution in [0.25, 0.3) is 0 Å². The lowest BCUT2D eigenvalue weighted by molar-refractivity contribution is -0.120. The first-order chi connectivity index (χ1) is 10.4. The van der Waals surface area contributed by atoms with Gasteiger partial charge in [0.25, 0.3) is 0 Å². The number of nitrogens with zero attached hydrogens (tertiary/aromatic N) is 2. The number of likely N-dealkylation sites (N-methyl/N-ethyl adjacent to an activating group) is 1. The molecule has 1 fully saturated rings. The summed E-state index contributed by atoms with van der Waals surface area (Å²) in [5.74, 6) is -0.323. The van der Waals surface area contributed by atoms with Gasteiger partial charge in [-0.1, -0.05) is 17.7 Å². The molecule has 5 nitrogen and oxygen atoms in total. The second-order valence-electron chi connectivity index (χ2n) is 5.96. The van der Waals surface area contributed by atoms with Crippen molar-refractivity contribution >= 4 is 17.5 Å². The third-order valence-corrected chi connectivity index (χ3v) is 4.12. The molecule has 1 aliphatic rings. The zero-order valence-electron chi connectivity index (χ0n) is 13.2. The van der Waals surface area contributed by atoms with E-state index in [1.165, 1.54) is 0 Å². The molecule has 0 aromatic heterocycles. The van der Waals surface area contributed by atoms with Gasteiger partial charge in [0.05, 0.1) is 19.3 Å². The molecule has 1 saturated heterocycles. The van der Waals surface area contributed by atoms with Crippen LogP contribution in [0.1, 0.15) is 11.1 Å². The van der Waals surface area contributed by atoms with Crippen LogP contribution in [-0.4, -0.2) is 61.6 Å². The number of aryl methyl sites for hydroxylation is 1. The van der Waals surface area contributed by atoms with Crippen LogP contribution >= 0.6 is 11.6 Å². The molecule has 1 aromatic carbocycles. The second-order valence-corrected chi connectivity index (χ2v) is 6.40. The number of primary amides is 1. The van der Waals surface area contributed by atoms with E-state index < -0.39 is 0 Å². The number of amides is 1. The first-order valence-corrected chi connectivity index (χ1v) is 7.87. The standard InChI is InChI=1S/C16H24ClN3O2/c1-12-7-14(17)4-3-13(12)8-20(11-16(18)21)10-15-9-19(2)5-6-22-15/h3-4,7,15H,5-6,8-11H2,1-2H3,(H2,18,21)/t15-/m1/s1. The number of carbonyl (C=O) groups excluding carboxylic acids is 1. The minimum absolute atomic E-state index is 0.103. The highest BCUT2D eigenvalue weighted by Crippen LogP contribution is 2.17. The van der Waals surface area contributed by atoms with Crippen LogP contribution in [0.3, 0.4) is 0 Å². The molecule has 0 spiro atoms. The van der Waals surface area contributed by atoms with Crippen LogP contribution in [0.5, 0.6) is 0 Å². The molecule has 0 bridgehead atoms. The number of hydrogen-bond donors (Lipinski definition) is 1. The van der Waals surface area contributed by atoms with Gasteiger partial charge in [-0.15, -0.1) is 0 Å². The minimum Gasteiger partial charge on any atom is -0.374 e. The average molecular weight is 326 g/mol. The largest absolute Gasteiger partial charge is 0.374 e. The maximum absolute atomic E-state index is 11.4. The molecule has 2 N–H and O–H groups in total. The highest BCUT2D eigenvalue weighted by Gasteiger charge is 2.22. The van der Waals surface area contributed by atoms with Crippen molar-refractivity contribution in [3.05, 3.63) is 34.3 Å². The van der Waals surface area contributed by atoms with E-state index in [0.29, 0.717) is 13.1 Å². The number of morpholine rings is 1. The summed E-state index contributed by atoms with van der Waals surface area (Å²) >= 11 is 6.00. The molecule has 22 heavy (non-hydrogen) atoms. The topological polar surface area (TPSA) is 58.8 Å². The molecule has 0 radical (unpaired) electrons. The molecular weight excluding hydrogens is 302 g/mol. The van der Waals surface area contributed by atoms with Crippen molar-refractivity contribution in [2.75, 3.05) is 39.8 Å². The molecule has 0 aliphatic carbocycles. The number of benzene rings is 1. The van der Waals surface area contributed by atoms with Gasteiger partial charge in [0.1, 0.15) is 0 Å². The molecule has 0 unspecified atom stereocenters. The summed E-state index contributed by atoms with van der Waals surface area (Å²) in [4.78, 5) is 15.6. The summed E-state index contributed by atoms with van der Waals surface area (Å²) in [6, 6.07) is 5.81. The molecule has 1 aromatic rings. The lowest BCUT2D eigenvalue weighted by atomic mass is 10.1. The Hall–Kier alpha value is -1.14. The fraction of sp³-hybridized carbons (Fsp3) is 0.562. The zero-order chi connectivity index (χ0) is 16.1. The highest BCUT2D eigenvalue weighted by atomic mass is 35.5. The predicted octanol–water partition coefficient (Wildman–Crippen LogP) is 1.27. The average Bonchev–Trinajstić information content (AvgIpc) is 2.41. The van der Waals surface area contributed by atoms with Crippen molar-refractivity contribution in [3.63, 3.8) is 0 Å². The van der Waals surface area contributed by atoms with Crippen LogP contribution in [0.15, 0.2) is 18.2 Å². The summed E-state index contributed by atoms with van der Waals surface area (Å²) in [5.41, 5.74) is 7.65. The fourth-order valence-electron chi connectivity index (χ4n) is 2.75. The Bertz CT molecular complexity index is 524. The summed E-state index contributed by atoms with van der Waals surface area (Å²) in [5, 5.41) is 0.722. The molecule has 0 saturated carbocycles. The van der Waals surface area contributed by atoms with Gasteiger partial charge in [-0.25, -0.2) is 0 Å². The van der Waals surface area contributed by atoms with Gasteiger partial charge < -0.3 is 15.4 Å². The number of carbonyl (C=O) groups is 1. The Morgan fingerprint density at radius 1 is 1.55 bits per heavy atom. The normalized spacial score (nSPS) is 19.5. The molecule has 1 aliphatic heterocycles. The van der Waals surface area contributed by atoms with Crippen molar-refractivity contribution < 1.29 is 9.53 Å². The number of nitrogens with two attached hydrogens (primary N) is 1. The smallest absolute Gasteiger partial charge is 0.231 e. The first-order valence-electron chi connectivity index (χ1n) is 7.50. The van der Waals surface area contributed by atoms with Gasteiger partial charge in [0.2, 0.25) is 5.91 Å². The monoisotopic (exact) mass is 325 g/mol. The van der Waals surface area contributed by atoms with Crippen molar-refractivity contribution in [2.45, 2.75) is 19.6 Å². The molecular formula is C16H24ClN3O2. The maximum atomic E-state index is 11.4. The quantitative estimate of drug-likeness (QED) is 0.855. The van der Waals surface area contributed by atoms with Crippen LogP contribution < -0.4 is 5.73 Å². The Balaban J connectivity index is 2.03. The fourth-order valence-corrected chi connectivity index (χ4v) is 2.97. The molecule has 1 amide bonds. The van der Waals surface area contributed by atoms with E-state index in [2.05, 4.69) is 11.9 Å². The van der Waals surface area contributed by atoms with Crippen LogP contribution in [0, 0.1) is 6.92 Å². The van der Waals surface area contributed by atoms with Gasteiger partial charge in [-0.05, 0) is 37.2 Å². The van der Waals surface area contributed by atoms with Gasteiger partial charge in [0.15, 0.2) is 0 Å². The highest BCUT2D eigenvalue weighted by molar-refractivity contribution is 6.30. The van der Waals surface area contributed by atoms with E-state index in [-0.39, 0.29) is 18.6 Å². The Morgan fingerprint density at radius 3 is 2.95 bits per heavy atom. The number of hydrogen-bond acceptors (Lipinski definition) is 4. The predicted molar refractivity (Wildman–Crippen MR) is 87.9 cm³/mol. The van der Waals surface area contributed by atoms with Crippen molar-refractivity contribution in [3.8, 4) is 0 Å². The summed E-state index contributed by atoms with van der Waals surface area (Å²) in [6.45, 7) is 6.15. The molecule has 1 atom stereocenters. The third-order valence-electron chi connectivity index (χ3n) is 3.88. The first kappa shape index (κ1) is 17.2. The molecule has 122 valence electrons. The lowest BCUT2D eigenvalue weighted by Crippen LogP contribution is -2.47. The maximum Gasteiger partial charge on any atom is 0.231 e. The SMILES string of the molecule is Cc1cc(Cl)ccc1CN(CC(N)=O)C[C@H]1CN(C)CCO1. The molecule has 6 heteroatoms. The number of rotatable bonds is 6. The van der Waals surface area contributed by atoms with E-state index in [9.17, 15) is 4.79 Å². The van der Waals surface area contributed by atoms with Crippen molar-refractivity contribution in [1.29, 1.82) is 0 Å². The lowest BCUT2D eigenvalue weighted by Gasteiger charge is -2.33. The Kier molecular flexibility index (Phi) is 6.20. The van der Waals surface area contributed by atoms with Crippen molar-refractivity contribution in [2.24, 2.45) is 5.73 Å². The van der Waals surface area contributed by atoms with E-state index in [4.69, 9.17) is 22.1 Å². The second kappa shape index (κ2) is 7.92.